The first-order chi connectivity index (χ1) is 15.7. The summed E-state index contributed by atoms with van der Waals surface area (Å²) >= 11 is 7.92. The predicted molar refractivity (Wildman–Crippen MR) is 128 cm³/mol. The molecule has 5 aromatic rings. The molecular formula is C24H18ClN5OS. The van der Waals surface area contributed by atoms with Crippen LogP contribution in [0.2, 0.25) is 5.02 Å². The number of benzene rings is 3. The summed E-state index contributed by atoms with van der Waals surface area (Å²) in [5.41, 5.74) is 2.48. The molecule has 0 saturated heterocycles. The summed E-state index contributed by atoms with van der Waals surface area (Å²) in [6.07, 6.45) is 0. The number of para-hydroxylation sites is 1. The van der Waals surface area contributed by atoms with Gasteiger partial charge in [-0.25, -0.2) is 4.98 Å². The normalized spacial score (nSPS) is 11.2. The SMILES string of the molecule is O=c1[nH]c(CSc2nnc(-c3ccccc3Cl)n2Cc2ccccc2)nc2ccccc12. The predicted octanol–water partition coefficient (Wildman–Crippen LogP) is 5.18. The third-order valence-electron chi connectivity index (χ3n) is 5.02. The van der Waals surface area contributed by atoms with Gasteiger partial charge in [0.1, 0.15) is 5.82 Å². The van der Waals surface area contributed by atoms with Crippen LogP contribution in [-0.2, 0) is 12.3 Å². The molecule has 2 heterocycles. The van der Waals surface area contributed by atoms with E-state index >= 15 is 0 Å². The Morgan fingerprint density at radius 2 is 1.66 bits per heavy atom. The van der Waals surface area contributed by atoms with Crippen LogP contribution < -0.4 is 5.56 Å². The summed E-state index contributed by atoms with van der Waals surface area (Å²) < 4.78 is 2.04. The number of hydrogen-bond donors (Lipinski definition) is 1. The number of aromatic amines is 1. The number of aromatic nitrogens is 5. The quantitative estimate of drug-likeness (QED) is 0.354. The van der Waals surface area contributed by atoms with Crippen molar-refractivity contribution in [2.75, 3.05) is 0 Å². The first kappa shape index (κ1) is 20.5. The van der Waals surface area contributed by atoms with E-state index in [2.05, 4.69) is 32.3 Å². The Bertz CT molecular complexity index is 1450. The zero-order chi connectivity index (χ0) is 21.9. The van der Waals surface area contributed by atoms with Crippen molar-refractivity contribution in [2.24, 2.45) is 0 Å². The molecule has 158 valence electrons. The second-order valence-corrected chi connectivity index (χ2v) is 8.53. The topological polar surface area (TPSA) is 76.5 Å². The molecule has 2 aromatic heterocycles. The van der Waals surface area contributed by atoms with Crippen LogP contribution in [0.15, 0.2) is 88.8 Å². The molecule has 0 aliphatic heterocycles. The van der Waals surface area contributed by atoms with Gasteiger partial charge in [0.2, 0.25) is 0 Å². The Morgan fingerprint density at radius 1 is 0.906 bits per heavy atom. The number of fused-ring (bicyclic) bond motifs is 1. The average Bonchev–Trinajstić information content (AvgIpc) is 3.21. The zero-order valence-corrected chi connectivity index (χ0v) is 18.5. The van der Waals surface area contributed by atoms with Gasteiger partial charge < -0.3 is 4.98 Å². The lowest BCUT2D eigenvalue weighted by Crippen LogP contribution is -2.11. The molecule has 0 bridgehead atoms. The van der Waals surface area contributed by atoms with E-state index in [0.717, 1.165) is 16.3 Å². The van der Waals surface area contributed by atoms with Crippen LogP contribution in [0.4, 0.5) is 0 Å². The molecule has 0 spiro atoms. The van der Waals surface area contributed by atoms with Crippen molar-refractivity contribution in [3.8, 4) is 11.4 Å². The third-order valence-corrected chi connectivity index (χ3v) is 6.32. The summed E-state index contributed by atoms with van der Waals surface area (Å²) in [6.45, 7) is 0.596. The van der Waals surface area contributed by atoms with Crippen LogP contribution >= 0.6 is 23.4 Å². The summed E-state index contributed by atoms with van der Waals surface area (Å²) in [7, 11) is 0. The maximum absolute atomic E-state index is 12.4. The van der Waals surface area contributed by atoms with Crippen molar-refractivity contribution in [1.29, 1.82) is 0 Å². The van der Waals surface area contributed by atoms with E-state index in [4.69, 9.17) is 11.6 Å². The van der Waals surface area contributed by atoms with Gasteiger partial charge in [0, 0.05) is 5.56 Å². The van der Waals surface area contributed by atoms with Crippen LogP contribution in [-0.4, -0.2) is 24.7 Å². The Morgan fingerprint density at radius 3 is 2.50 bits per heavy atom. The highest BCUT2D eigenvalue weighted by molar-refractivity contribution is 7.98. The lowest BCUT2D eigenvalue weighted by molar-refractivity contribution is 0.714. The first-order valence-electron chi connectivity index (χ1n) is 10.0. The fraction of sp³-hybridized carbons (Fsp3) is 0.0833. The molecule has 6 nitrogen and oxygen atoms in total. The Hall–Kier alpha value is -3.42. The van der Waals surface area contributed by atoms with Gasteiger partial charge in [-0.2, -0.15) is 0 Å². The first-order valence-corrected chi connectivity index (χ1v) is 11.4. The molecule has 32 heavy (non-hydrogen) atoms. The van der Waals surface area contributed by atoms with Crippen LogP contribution in [0.5, 0.6) is 0 Å². The summed E-state index contributed by atoms with van der Waals surface area (Å²) in [5.74, 6) is 1.74. The molecule has 0 aliphatic rings. The minimum atomic E-state index is -0.145. The fourth-order valence-corrected chi connectivity index (χ4v) is 4.51. The van der Waals surface area contributed by atoms with E-state index in [0.29, 0.717) is 39.9 Å². The molecule has 0 amide bonds. The summed E-state index contributed by atoms with van der Waals surface area (Å²) in [4.78, 5) is 19.9. The van der Waals surface area contributed by atoms with E-state index in [1.54, 1.807) is 6.07 Å². The lowest BCUT2D eigenvalue weighted by Gasteiger charge is -2.11. The van der Waals surface area contributed by atoms with Crippen molar-refractivity contribution in [3.63, 3.8) is 0 Å². The Balaban J connectivity index is 1.50. The van der Waals surface area contributed by atoms with Crippen molar-refractivity contribution in [1.82, 2.24) is 24.7 Å². The van der Waals surface area contributed by atoms with Crippen molar-refractivity contribution >= 4 is 34.3 Å². The Kier molecular flexibility index (Phi) is 5.75. The number of rotatable bonds is 6. The molecular weight excluding hydrogens is 442 g/mol. The molecule has 1 N–H and O–H groups in total. The monoisotopic (exact) mass is 459 g/mol. The van der Waals surface area contributed by atoms with Gasteiger partial charge in [-0.1, -0.05) is 78.0 Å². The third kappa shape index (κ3) is 4.17. The van der Waals surface area contributed by atoms with Gasteiger partial charge in [-0.3, -0.25) is 9.36 Å². The number of nitrogens with one attached hydrogen (secondary N) is 1. The number of thioether (sulfide) groups is 1. The van der Waals surface area contributed by atoms with Crippen molar-refractivity contribution in [3.05, 3.63) is 106 Å². The number of hydrogen-bond acceptors (Lipinski definition) is 5. The lowest BCUT2D eigenvalue weighted by atomic mass is 10.2. The molecule has 5 rings (SSSR count). The minimum Gasteiger partial charge on any atom is -0.309 e. The van der Waals surface area contributed by atoms with Crippen LogP contribution in [0.25, 0.3) is 22.3 Å². The molecule has 0 fully saturated rings. The molecule has 0 atom stereocenters. The largest absolute Gasteiger partial charge is 0.309 e. The molecule has 0 unspecified atom stereocenters. The van der Waals surface area contributed by atoms with Crippen molar-refractivity contribution < 1.29 is 0 Å². The Labute approximate surface area is 193 Å². The number of nitrogens with zero attached hydrogens (tertiary/aromatic N) is 4. The molecule has 8 heteroatoms. The molecule has 0 radical (unpaired) electrons. The molecule has 0 saturated carbocycles. The highest BCUT2D eigenvalue weighted by Gasteiger charge is 2.17. The van der Waals surface area contributed by atoms with Gasteiger partial charge in [-0.15, -0.1) is 10.2 Å². The van der Waals surface area contributed by atoms with Gasteiger partial charge in [0.25, 0.3) is 5.56 Å². The van der Waals surface area contributed by atoms with Crippen LogP contribution in [0.3, 0.4) is 0 Å². The highest BCUT2D eigenvalue weighted by atomic mass is 35.5. The zero-order valence-electron chi connectivity index (χ0n) is 16.9. The van der Waals surface area contributed by atoms with E-state index in [1.807, 2.05) is 65.2 Å². The molecule has 0 aliphatic carbocycles. The maximum Gasteiger partial charge on any atom is 0.258 e. The standard InChI is InChI=1S/C24H18ClN5OS/c25-19-12-6-4-10-17(19)22-28-29-24(30(22)14-16-8-2-1-3-9-16)32-15-21-26-20-13-7-5-11-18(20)23(31)27-21/h1-13H,14-15H2,(H,26,27,31). The van der Waals surface area contributed by atoms with Crippen molar-refractivity contribution in [2.45, 2.75) is 17.5 Å². The van der Waals surface area contributed by atoms with Gasteiger partial charge in [0.05, 0.1) is 28.2 Å². The van der Waals surface area contributed by atoms with E-state index < -0.39 is 0 Å². The second-order valence-electron chi connectivity index (χ2n) is 7.18. The number of halogens is 1. The maximum atomic E-state index is 12.4. The van der Waals surface area contributed by atoms with Crippen LogP contribution in [0.1, 0.15) is 11.4 Å². The van der Waals surface area contributed by atoms with E-state index in [-0.39, 0.29) is 5.56 Å². The summed E-state index contributed by atoms with van der Waals surface area (Å²) in [5, 5.41) is 10.8. The fourth-order valence-electron chi connectivity index (χ4n) is 3.48. The van der Waals surface area contributed by atoms with E-state index in [1.165, 1.54) is 11.8 Å². The van der Waals surface area contributed by atoms with Gasteiger partial charge in [-0.05, 0) is 29.8 Å². The molecule has 3 aromatic carbocycles. The smallest absolute Gasteiger partial charge is 0.258 e. The van der Waals surface area contributed by atoms with Gasteiger partial charge >= 0.3 is 0 Å². The summed E-state index contributed by atoms with van der Waals surface area (Å²) in [6, 6.07) is 25.0. The second kappa shape index (κ2) is 8.98. The average molecular weight is 460 g/mol. The minimum absolute atomic E-state index is 0.145. The van der Waals surface area contributed by atoms with Crippen LogP contribution in [0, 0.1) is 0 Å². The van der Waals surface area contributed by atoms with Gasteiger partial charge in [0.15, 0.2) is 11.0 Å². The van der Waals surface area contributed by atoms with E-state index in [9.17, 15) is 4.79 Å². The highest BCUT2D eigenvalue weighted by Crippen LogP contribution is 2.30. The number of H-pyrrole nitrogens is 1.